The lowest BCUT2D eigenvalue weighted by Gasteiger charge is -2.17. The predicted octanol–water partition coefficient (Wildman–Crippen LogP) is 0.340. The van der Waals surface area contributed by atoms with Gasteiger partial charge in [0.15, 0.2) is 0 Å². The monoisotopic (exact) mass is 249 g/mol. The Morgan fingerprint density at radius 2 is 2.17 bits per heavy atom. The summed E-state index contributed by atoms with van der Waals surface area (Å²) in [7, 11) is 1.90. The molecule has 2 rings (SSSR count). The van der Waals surface area contributed by atoms with Crippen LogP contribution in [0, 0.1) is 0 Å². The van der Waals surface area contributed by atoms with Gasteiger partial charge in [0.1, 0.15) is 12.2 Å². The Kier molecular flexibility index (Phi) is 3.73. The number of hydrazine groups is 1. The molecule has 2 aromatic heterocycles. The average Bonchev–Trinajstić information content (AvgIpc) is 2.94. The Hall–Kier alpha value is -1.73. The molecule has 1 atom stereocenters. The molecule has 1 unspecified atom stereocenters. The number of hydrogen-bond donors (Lipinski definition) is 2. The first-order valence-electron chi connectivity index (χ1n) is 5.96. The van der Waals surface area contributed by atoms with E-state index in [9.17, 15) is 0 Å². The van der Waals surface area contributed by atoms with Crippen molar-refractivity contribution in [1.82, 2.24) is 30.0 Å². The van der Waals surface area contributed by atoms with Crippen LogP contribution in [0.5, 0.6) is 0 Å². The summed E-state index contributed by atoms with van der Waals surface area (Å²) < 4.78 is 3.71. The van der Waals surface area contributed by atoms with E-state index in [1.54, 1.807) is 17.2 Å². The summed E-state index contributed by atoms with van der Waals surface area (Å²) in [6.45, 7) is 4.15. The van der Waals surface area contributed by atoms with Crippen LogP contribution in [0.25, 0.3) is 0 Å². The number of nitrogens with two attached hydrogens (primary N) is 1. The molecule has 0 saturated heterocycles. The molecule has 0 spiro atoms. The van der Waals surface area contributed by atoms with Gasteiger partial charge in [0.25, 0.3) is 0 Å². The van der Waals surface area contributed by atoms with E-state index < -0.39 is 0 Å². The summed E-state index contributed by atoms with van der Waals surface area (Å²) in [5.74, 6) is 6.54. The quantitative estimate of drug-likeness (QED) is 0.589. The normalized spacial score (nSPS) is 13.2. The molecule has 0 bridgehead atoms. The highest BCUT2D eigenvalue weighted by Crippen LogP contribution is 2.17. The van der Waals surface area contributed by atoms with Crippen LogP contribution in [0.15, 0.2) is 18.6 Å². The minimum absolute atomic E-state index is 0.0285. The molecule has 0 saturated carbocycles. The molecule has 3 N–H and O–H groups in total. The smallest absolute Gasteiger partial charge is 0.138 e. The zero-order valence-corrected chi connectivity index (χ0v) is 10.9. The van der Waals surface area contributed by atoms with Gasteiger partial charge in [0.05, 0.1) is 11.7 Å². The fourth-order valence-corrected chi connectivity index (χ4v) is 2.01. The van der Waals surface area contributed by atoms with E-state index in [0.29, 0.717) is 6.42 Å². The lowest BCUT2D eigenvalue weighted by atomic mass is 10.1. The molecule has 0 aromatic carbocycles. The van der Waals surface area contributed by atoms with Crippen LogP contribution in [0.2, 0.25) is 0 Å². The number of nitrogens with zero attached hydrogens (tertiary/aromatic N) is 5. The fourth-order valence-electron chi connectivity index (χ4n) is 2.01. The van der Waals surface area contributed by atoms with Gasteiger partial charge >= 0.3 is 0 Å². The van der Waals surface area contributed by atoms with Gasteiger partial charge in [-0.05, 0) is 19.9 Å². The number of hydrogen-bond acceptors (Lipinski definition) is 5. The first-order chi connectivity index (χ1) is 8.63. The molecule has 2 heterocycles. The zero-order chi connectivity index (χ0) is 13.1. The van der Waals surface area contributed by atoms with Gasteiger partial charge in [0, 0.05) is 25.7 Å². The second-order valence-electron chi connectivity index (χ2n) is 4.52. The molecule has 0 aliphatic carbocycles. The minimum atomic E-state index is -0.0285. The Labute approximate surface area is 106 Å². The van der Waals surface area contributed by atoms with Crippen LogP contribution in [-0.2, 0) is 13.5 Å². The Balaban J connectivity index is 2.21. The molecule has 7 heteroatoms. The van der Waals surface area contributed by atoms with Crippen LogP contribution in [0.1, 0.15) is 37.4 Å². The van der Waals surface area contributed by atoms with E-state index in [2.05, 4.69) is 34.5 Å². The number of nitrogens with one attached hydrogen (secondary N) is 1. The summed E-state index contributed by atoms with van der Waals surface area (Å²) in [4.78, 5) is 4.29. The lowest BCUT2D eigenvalue weighted by Crippen LogP contribution is -2.32. The van der Waals surface area contributed by atoms with E-state index in [4.69, 9.17) is 5.84 Å². The molecule has 18 heavy (non-hydrogen) atoms. The third-order valence-electron chi connectivity index (χ3n) is 2.94. The zero-order valence-electron chi connectivity index (χ0n) is 10.9. The molecule has 0 radical (unpaired) electrons. The van der Waals surface area contributed by atoms with E-state index in [1.807, 2.05) is 17.8 Å². The van der Waals surface area contributed by atoms with Crippen LogP contribution >= 0.6 is 0 Å². The van der Waals surface area contributed by atoms with Crippen molar-refractivity contribution in [2.75, 3.05) is 0 Å². The van der Waals surface area contributed by atoms with Gasteiger partial charge in [-0.15, -0.1) is 0 Å². The summed E-state index contributed by atoms with van der Waals surface area (Å²) in [6, 6.07) is 2.20. The molecule has 0 aliphatic heterocycles. The fraction of sp³-hybridized carbons (Fsp3) is 0.545. The minimum Gasteiger partial charge on any atom is -0.271 e. The highest BCUT2D eigenvalue weighted by atomic mass is 15.4. The van der Waals surface area contributed by atoms with Gasteiger partial charge < -0.3 is 0 Å². The lowest BCUT2D eigenvalue weighted by molar-refractivity contribution is 0.454. The van der Waals surface area contributed by atoms with Crippen LogP contribution in [0.3, 0.4) is 0 Å². The molecule has 7 nitrogen and oxygen atoms in total. The van der Waals surface area contributed by atoms with E-state index in [0.717, 1.165) is 11.5 Å². The van der Waals surface area contributed by atoms with E-state index >= 15 is 0 Å². The van der Waals surface area contributed by atoms with E-state index in [-0.39, 0.29) is 12.1 Å². The highest BCUT2D eigenvalue weighted by molar-refractivity contribution is 5.09. The second kappa shape index (κ2) is 5.28. The Morgan fingerprint density at radius 3 is 2.72 bits per heavy atom. The van der Waals surface area contributed by atoms with Crippen molar-refractivity contribution in [1.29, 1.82) is 0 Å². The summed E-state index contributed by atoms with van der Waals surface area (Å²) >= 11 is 0. The second-order valence-corrected chi connectivity index (χ2v) is 4.52. The molecule has 2 aromatic rings. The first kappa shape index (κ1) is 12.7. The largest absolute Gasteiger partial charge is 0.271 e. The van der Waals surface area contributed by atoms with Crippen molar-refractivity contribution < 1.29 is 0 Å². The molecular weight excluding hydrogens is 230 g/mol. The number of aromatic nitrogens is 5. The van der Waals surface area contributed by atoms with Crippen molar-refractivity contribution >= 4 is 0 Å². The van der Waals surface area contributed by atoms with Crippen molar-refractivity contribution in [3.63, 3.8) is 0 Å². The molecule has 98 valence electrons. The van der Waals surface area contributed by atoms with Crippen molar-refractivity contribution in [2.24, 2.45) is 12.9 Å². The van der Waals surface area contributed by atoms with Crippen molar-refractivity contribution in [3.05, 3.63) is 30.1 Å². The molecule has 0 amide bonds. The SMILES string of the molecule is CC(C)n1ncnc1CC(NN)c1ccnn1C. The molecule has 0 aliphatic rings. The maximum atomic E-state index is 5.63. The summed E-state index contributed by atoms with van der Waals surface area (Å²) in [6.07, 6.45) is 4.01. The summed E-state index contributed by atoms with van der Waals surface area (Å²) in [5.41, 5.74) is 3.83. The number of rotatable bonds is 5. The van der Waals surface area contributed by atoms with Crippen molar-refractivity contribution in [2.45, 2.75) is 32.4 Å². The Bertz CT molecular complexity index is 499. The van der Waals surface area contributed by atoms with Gasteiger partial charge in [-0.1, -0.05) is 0 Å². The summed E-state index contributed by atoms with van der Waals surface area (Å²) in [5, 5.41) is 8.37. The van der Waals surface area contributed by atoms with Gasteiger partial charge in [-0.3, -0.25) is 16.0 Å². The average molecular weight is 249 g/mol. The number of aryl methyl sites for hydroxylation is 1. The maximum absolute atomic E-state index is 5.63. The highest BCUT2D eigenvalue weighted by Gasteiger charge is 2.18. The molecular formula is C11H19N7. The first-order valence-corrected chi connectivity index (χ1v) is 5.96. The van der Waals surface area contributed by atoms with Crippen molar-refractivity contribution in [3.8, 4) is 0 Å². The standard InChI is InChI=1S/C11H19N7/c1-8(2)18-11(13-7-15-18)6-9(16-12)10-4-5-14-17(10)3/h4-5,7-9,16H,6,12H2,1-3H3. The van der Waals surface area contributed by atoms with E-state index in [1.165, 1.54) is 0 Å². The van der Waals surface area contributed by atoms with Crippen LogP contribution < -0.4 is 11.3 Å². The van der Waals surface area contributed by atoms with Crippen LogP contribution in [-0.4, -0.2) is 24.5 Å². The van der Waals surface area contributed by atoms with Gasteiger partial charge in [-0.2, -0.15) is 10.2 Å². The van der Waals surface area contributed by atoms with Crippen LogP contribution in [0.4, 0.5) is 0 Å². The third kappa shape index (κ3) is 2.41. The topological polar surface area (TPSA) is 86.6 Å². The third-order valence-corrected chi connectivity index (χ3v) is 2.94. The molecule has 0 fully saturated rings. The van der Waals surface area contributed by atoms with Gasteiger partial charge in [-0.25, -0.2) is 9.67 Å². The van der Waals surface area contributed by atoms with Gasteiger partial charge in [0.2, 0.25) is 0 Å². The maximum Gasteiger partial charge on any atom is 0.138 e. The predicted molar refractivity (Wildman–Crippen MR) is 67.4 cm³/mol. The Morgan fingerprint density at radius 1 is 1.39 bits per heavy atom.